The molecule has 3 heteroatoms. The summed E-state index contributed by atoms with van der Waals surface area (Å²) in [6.07, 6.45) is 9.39. The summed E-state index contributed by atoms with van der Waals surface area (Å²) >= 11 is 0. The average Bonchev–Trinajstić information content (AvgIpc) is 2.46. The van der Waals surface area contributed by atoms with E-state index in [2.05, 4.69) is 18.8 Å². The molecule has 18 heavy (non-hydrogen) atoms. The second kappa shape index (κ2) is 6.28. The summed E-state index contributed by atoms with van der Waals surface area (Å²) in [6.45, 7) is 4.98. The van der Waals surface area contributed by atoms with Crippen LogP contribution in [-0.4, -0.2) is 9.97 Å². The van der Waals surface area contributed by atoms with Gasteiger partial charge in [-0.15, -0.1) is 0 Å². The van der Waals surface area contributed by atoms with Crippen molar-refractivity contribution in [2.75, 3.05) is 0 Å². The molecule has 0 spiro atoms. The molecule has 0 bridgehead atoms. The third-order valence-electron chi connectivity index (χ3n) is 4.32. The van der Waals surface area contributed by atoms with Crippen LogP contribution in [0.3, 0.4) is 0 Å². The van der Waals surface area contributed by atoms with Gasteiger partial charge in [-0.2, -0.15) is 0 Å². The second-order valence-corrected chi connectivity index (χ2v) is 5.38. The molecule has 0 aliphatic heterocycles. The van der Waals surface area contributed by atoms with Crippen LogP contribution in [0.25, 0.3) is 0 Å². The Balaban J connectivity index is 2.09. The number of nitrogens with zero attached hydrogens (tertiary/aromatic N) is 2. The maximum absolute atomic E-state index is 5.71. The Labute approximate surface area is 110 Å². The zero-order chi connectivity index (χ0) is 13.0. The van der Waals surface area contributed by atoms with Crippen LogP contribution in [0.4, 0.5) is 0 Å². The molecule has 100 valence electrons. The van der Waals surface area contributed by atoms with Crippen molar-refractivity contribution in [2.45, 2.75) is 64.8 Å². The highest BCUT2D eigenvalue weighted by Gasteiger charge is 2.23. The SMILES string of the molecule is CCc1nc(C2CCC(CC)CC2)ncc1CN. The van der Waals surface area contributed by atoms with E-state index in [0.717, 1.165) is 29.4 Å². The number of rotatable bonds is 4. The van der Waals surface area contributed by atoms with Gasteiger partial charge < -0.3 is 5.73 Å². The van der Waals surface area contributed by atoms with E-state index in [1.807, 2.05) is 6.20 Å². The first-order valence-corrected chi connectivity index (χ1v) is 7.33. The molecule has 1 heterocycles. The number of aryl methyl sites for hydroxylation is 1. The van der Waals surface area contributed by atoms with Gasteiger partial charge in [0, 0.05) is 29.9 Å². The minimum Gasteiger partial charge on any atom is -0.326 e. The summed E-state index contributed by atoms with van der Waals surface area (Å²) in [6, 6.07) is 0. The van der Waals surface area contributed by atoms with E-state index in [9.17, 15) is 0 Å². The van der Waals surface area contributed by atoms with Crippen molar-refractivity contribution in [3.63, 3.8) is 0 Å². The zero-order valence-electron chi connectivity index (χ0n) is 11.7. The topological polar surface area (TPSA) is 51.8 Å². The van der Waals surface area contributed by atoms with Crippen molar-refractivity contribution in [3.8, 4) is 0 Å². The number of nitrogens with two attached hydrogens (primary N) is 1. The smallest absolute Gasteiger partial charge is 0.131 e. The van der Waals surface area contributed by atoms with Crippen LogP contribution in [0.15, 0.2) is 6.20 Å². The minimum absolute atomic E-state index is 0.548. The molecule has 3 nitrogen and oxygen atoms in total. The number of hydrogen-bond donors (Lipinski definition) is 1. The highest BCUT2D eigenvalue weighted by Crippen LogP contribution is 2.35. The lowest BCUT2D eigenvalue weighted by Gasteiger charge is -2.27. The normalized spacial score (nSPS) is 24.2. The molecule has 1 aliphatic rings. The Hall–Kier alpha value is -0.960. The summed E-state index contributed by atoms with van der Waals surface area (Å²) < 4.78 is 0. The zero-order valence-corrected chi connectivity index (χ0v) is 11.7. The van der Waals surface area contributed by atoms with Crippen molar-refractivity contribution in [1.82, 2.24) is 9.97 Å². The first kappa shape index (κ1) is 13.5. The van der Waals surface area contributed by atoms with E-state index >= 15 is 0 Å². The van der Waals surface area contributed by atoms with E-state index in [4.69, 9.17) is 10.7 Å². The van der Waals surface area contributed by atoms with Gasteiger partial charge in [0.2, 0.25) is 0 Å². The Bertz CT molecular complexity index is 381. The average molecular weight is 247 g/mol. The fourth-order valence-corrected chi connectivity index (χ4v) is 2.96. The Morgan fingerprint density at radius 3 is 2.50 bits per heavy atom. The Kier molecular flexibility index (Phi) is 4.70. The predicted molar refractivity (Wildman–Crippen MR) is 74.3 cm³/mol. The Morgan fingerprint density at radius 1 is 1.22 bits per heavy atom. The van der Waals surface area contributed by atoms with Crippen molar-refractivity contribution >= 4 is 0 Å². The molecule has 1 aromatic rings. The maximum Gasteiger partial charge on any atom is 0.131 e. The lowest BCUT2D eigenvalue weighted by atomic mass is 9.80. The summed E-state index contributed by atoms with van der Waals surface area (Å²) in [5.74, 6) is 2.55. The van der Waals surface area contributed by atoms with Crippen LogP contribution in [0.1, 0.15) is 69.0 Å². The third kappa shape index (κ3) is 2.89. The standard InChI is InChI=1S/C15H25N3/c1-3-11-5-7-12(8-6-11)15-17-10-13(9-16)14(4-2)18-15/h10-12H,3-9,16H2,1-2H3. The van der Waals surface area contributed by atoms with Crippen LogP contribution in [-0.2, 0) is 13.0 Å². The molecule has 2 N–H and O–H groups in total. The molecule has 0 amide bonds. The van der Waals surface area contributed by atoms with Gasteiger partial charge in [0.05, 0.1) is 0 Å². The first-order chi connectivity index (χ1) is 8.78. The molecule has 0 unspecified atom stereocenters. The van der Waals surface area contributed by atoms with Crippen molar-refractivity contribution in [3.05, 3.63) is 23.3 Å². The molecule has 1 fully saturated rings. The van der Waals surface area contributed by atoms with E-state index in [-0.39, 0.29) is 0 Å². The van der Waals surface area contributed by atoms with Crippen molar-refractivity contribution in [1.29, 1.82) is 0 Å². The third-order valence-corrected chi connectivity index (χ3v) is 4.32. The van der Waals surface area contributed by atoms with Crippen molar-refractivity contribution in [2.24, 2.45) is 11.7 Å². The second-order valence-electron chi connectivity index (χ2n) is 5.38. The van der Waals surface area contributed by atoms with Gasteiger partial charge in [-0.1, -0.05) is 20.3 Å². The summed E-state index contributed by atoms with van der Waals surface area (Å²) in [7, 11) is 0. The maximum atomic E-state index is 5.71. The van der Waals surface area contributed by atoms with E-state index in [0.29, 0.717) is 12.5 Å². The highest BCUT2D eigenvalue weighted by molar-refractivity contribution is 5.18. The van der Waals surface area contributed by atoms with Crippen LogP contribution in [0.2, 0.25) is 0 Å². The monoisotopic (exact) mass is 247 g/mol. The molecule has 2 rings (SSSR count). The molecule has 1 saturated carbocycles. The van der Waals surface area contributed by atoms with E-state index in [1.165, 1.54) is 32.1 Å². The van der Waals surface area contributed by atoms with Gasteiger partial charge >= 0.3 is 0 Å². The van der Waals surface area contributed by atoms with E-state index < -0.39 is 0 Å². The summed E-state index contributed by atoms with van der Waals surface area (Å²) in [4.78, 5) is 9.29. The summed E-state index contributed by atoms with van der Waals surface area (Å²) in [5.41, 5.74) is 7.95. The Morgan fingerprint density at radius 2 is 1.94 bits per heavy atom. The molecule has 0 atom stereocenters. The lowest BCUT2D eigenvalue weighted by molar-refractivity contribution is 0.311. The quantitative estimate of drug-likeness (QED) is 0.889. The minimum atomic E-state index is 0.548. The highest BCUT2D eigenvalue weighted by atomic mass is 14.9. The molecule has 0 radical (unpaired) electrons. The first-order valence-electron chi connectivity index (χ1n) is 7.33. The van der Waals surface area contributed by atoms with Crippen LogP contribution < -0.4 is 5.73 Å². The van der Waals surface area contributed by atoms with Gasteiger partial charge in [0.25, 0.3) is 0 Å². The number of hydrogen-bond acceptors (Lipinski definition) is 3. The van der Waals surface area contributed by atoms with Crippen LogP contribution in [0.5, 0.6) is 0 Å². The van der Waals surface area contributed by atoms with Gasteiger partial charge in [-0.3, -0.25) is 0 Å². The van der Waals surface area contributed by atoms with Gasteiger partial charge in [-0.05, 0) is 38.0 Å². The fourth-order valence-electron chi connectivity index (χ4n) is 2.96. The molecular formula is C15H25N3. The van der Waals surface area contributed by atoms with Crippen molar-refractivity contribution < 1.29 is 0 Å². The molecule has 0 saturated heterocycles. The largest absolute Gasteiger partial charge is 0.326 e. The van der Waals surface area contributed by atoms with Crippen LogP contribution >= 0.6 is 0 Å². The molecular weight excluding hydrogens is 222 g/mol. The number of aromatic nitrogens is 2. The summed E-state index contributed by atoms with van der Waals surface area (Å²) in [5, 5.41) is 0. The van der Waals surface area contributed by atoms with E-state index in [1.54, 1.807) is 0 Å². The van der Waals surface area contributed by atoms with Gasteiger partial charge in [0.1, 0.15) is 5.82 Å². The predicted octanol–water partition coefficient (Wildman–Crippen LogP) is 3.18. The molecule has 1 aliphatic carbocycles. The fraction of sp³-hybridized carbons (Fsp3) is 0.733. The van der Waals surface area contributed by atoms with Crippen LogP contribution in [0, 0.1) is 5.92 Å². The van der Waals surface area contributed by atoms with Gasteiger partial charge in [0.15, 0.2) is 0 Å². The molecule has 1 aromatic heterocycles. The lowest BCUT2D eigenvalue weighted by Crippen LogP contribution is -2.16. The molecule has 0 aromatic carbocycles. The van der Waals surface area contributed by atoms with Gasteiger partial charge in [-0.25, -0.2) is 9.97 Å².